The van der Waals surface area contributed by atoms with Gasteiger partial charge in [-0.3, -0.25) is 5.41 Å². The molecule has 0 bridgehead atoms. The summed E-state index contributed by atoms with van der Waals surface area (Å²) in [6.45, 7) is 1.78. The zero-order chi connectivity index (χ0) is 10.0. The highest BCUT2D eigenvalue weighted by atomic mass is 15.1. The molecule has 3 N–H and O–H groups in total. The molecule has 0 aliphatic rings. The Labute approximate surface area is 77.1 Å². The zero-order valence-corrected chi connectivity index (χ0v) is 8.00. The minimum atomic E-state index is -0.0337. The molecule has 0 aromatic carbocycles. The van der Waals surface area contributed by atoms with Gasteiger partial charge in [-0.2, -0.15) is 0 Å². The molecule has 0 aliphatic heterocycles. The second-order valence-corrected chi connectivity index (χ2v) is 2.97. The van der Waals surface area contributed by atoms with Gasteiger partial charge in [-0.1, -0.05) is 0 Å². The number of nitrogens with one attached hydrogen (secondary N) is 1. The first-order chi connectivity index (χ1) is 6.00. The van der Waals surface area contributed by atoms with E-state index in [1.807, 2.05) is 19.0 Å². The quantitative estimate of drug-likeness (QED) is 0.500. The number of nitrogens with two attached hydrogens (primary N) is 1. The topological polar surface area (TPSA) is 78.9 Å². The van der Waals surface area contributed by atoms with Crippen molar-refractivity contribution in [3.05, 3.63) is 17.6 Å². The van der Waals surface area contributed by atoms with E-state index in [4.69, 9.17) is 11.1 Å². The maximum absolute atomic E-state index is 7.24. The van der Waals surface area contributed by atoms with E-state index in [9.17, 15) is 0 Å². The van der Waals surface area contributed by atoms with E-state index < -0.39 is 0 Å². The number of aromatic nitrogens is 2. The predicted molar refractivity (Wildman–Crippen MR) is 52.1 cm³/mol. The Hall–Kier alpha value is -1.65. The zero-order valence-electron chi connectivity index (χ0n) is 8.00. The molecular weight excluding hydrogens is 166 g/mol. The van der Waals surface area contributed by atoms with Gasteiger partial charge in [0.15, 0.2) is 0 Å². The monoisotopic (exact) mass is 179 g/mol. The van der Waals surface area contributed by atoms with Crippen molar-refractivity contribution in [2.24, 2.45) is 5.73 Å². The van der Waals surface area contributed by atoms with Crippen LogP contribution in [0.25, 0.3) is 0 Å². The average molecular weight is 179 g/mol. The van der Waals surface area contributed by atoms with Crippen molar-refractivity contribution in [1.29, 1.82) is 5.41 Å². The minimum Gasteiger partial charge on any atom is -0.382 e. The summed E-state index contributed by atoms with van der Waals surface area (Å²) < 4.78 is 0. The number of aryl methyl sites for hydroxylation is 1. The summed E-state index contributed by atoms with van der Waals surface area (Å²) in [5.41, 5.74) is 5.79. The number of hydrogen-bond acceptors (Lipinski definition) is 4. The van der Waals surface area contributed by atoms with Crippen LogP contribution in [0.15, 0.2) is 6.07 Å². The Balaban J connectivity index is 3.19. The number of amidine groups is 1. The van der Waals surface area contributed by atoms with Crippen LogP contribution in [0.1, 0.15) is 11.5 Å². The molecule has 0 saturated heterocycles. The Kier molecular flexibility index (Phi) is 2.46. The molecule has 1 aromatic rings. The summed E-state index contributed by atoms with van der Waals surface area (Å²) in [5, 5.41) is 7.24. The lowest BCUT2D eigenvalue weighted by molar-refractivity contribution is 0.979. The summed E-state index contributed by atoms with van der Waals surface area (Å²) in [6.07, 6.45) is 0. The Bertz CT molecular complexity index is 331. The smallest absolute Gasteiger partial charge is 0.142 e. The fourth-order valence-electron chi connectivity index (χ4n) is 0.919. The van der Waals surface area contributed by atoms with Gasteiger partial charge in [0.2, 0.25) is 0 Å². The van der Waals surface area contributed by atoms with Crippen LogP contribution in [0.4, 0.5) is 5.82 Å². The van der Waals surface area contributed by atoms with E-state index in [2.05, 4.69) is 9.97 Å². The summed E-state index contributed by atoms with van der Waals surface area (Å²) in [6, 6.07) is 1.69. The first-order valence-corrected chi connectivity index (χ1v) is 3.88. The fraction of sp³-hybridized carbons (Fsp3) is 0.375. The lowest BCUT2D eigenvalue weighted by Crippen LogP contribution is -2.18. The van der Waals surface area contributed by atoms with Crippen LogP contribution in [0, 0.1) is 12.3 Å². The molecule has 1 rings (SSSR count). The molecule has 0 spiro atoms. The van der Waals surface area contributed by atoms with Crippen molar-refractivity contribution in [1.82, 2.24) is 9.97 Å². The number of nitrogens with zero attached hydrogens (tertiary/aromatic N) is 3. The van der Waals surface area contributed by atoms with Crippen molar-refractivity contribution in [2.45, 2.75) is 6.92 Å². The van der Waals surface area contributed by atoms with Gasteiger partial charge >= 0.3 is 0 Å². The maximum atomic E-state index is 7.24. The molecule has 1 aromatic heterocycles. The molecule has 1 heterocycles. The van der Waals surface area contributed by atoms with Crippen molar-refractivity contribution < 1.29 is 0 Å². The van der Waals surface area contributed by atoms with Gasteiger partial charge in [0.25, 0.3) is 0 Å². The van der Waals surface area contributed by atoms with Crippen molar-refractivity contribution >= 4 is 11.7 Å². The van der Waals surface area contributed by atoms with Gasteiger partial charge in [0.1, 0.15) is 23.2 Å². The van der Waals surface area contributed by atoms with Gasteiger partial charge in [-0.25, -0.2) is 9.97 Å². The lowest BCUT2D eigenvalue weighted by atomic mass is 10.3. The molecular formula is C8H13N5. The molecule has 0 radical (unpaired) electrons. The highest BCUT2D eigenvalue weighted by molar-refractivity contribution is 5.93. The Morgan fingerprint density at radius 1 is 1.46 bits per heavy atom. The lowest BCUT2D eigenvalue weighted by Gasteiger charge is -2.12. The third-order valence-corrected chi connectivity index (χ3v) is 1.56. The number of nitrogen functional groups attached to an aromatic ring is 1. The predicted octanol–water partition coefficient (Wildman–Crippen LogP) is 0.135. The molecule has 0 unspecified atom stereocenters. The molecule has 0 atom stereocenters. The first kappa shape index (κ1) is 9.44. The molecule has 0 amide bonds. The maximum Gasteiger partial charge on any atom is 0.142 e. The normalized spacial score (nSPS) is 9.77. The first-order valence-electron chi connectivity index (χ1n) is 3.88. The van der Waals surface area contributed by atoms with Crippen molar-refractivity contribution in [3.8, 4) is 0 Å². The van der Waals surface area contributed by atoms with E-state index in [0.29, 0.717) is 11.5 Å². The molecule has 0 aliphatic carbocycles. The third-order valence-electron chi connectivity index (χ3n) is 1.56. The number of hydrogen-bond donors (Lipinski definition) is 2. The largest absolute Gasteiger partial charge is 0.382 e. The van der Waals surface area contributed by atoms with Crippen LogP contribution in [-0.2, 0) is 0 Å². The van der Waals surface area contributed by atoms with Gasteiger partial charge in [-0.15, -0.1) is 0 Å². The number of rotatable bonds is 2. The fourth-order valence-corrected chi connectivity index (χ4v) is 0.919. The molecule has 70 valence electrons. The van der Waals surface area contributed by atoms with E-state index in [-0.39, 0.29) is 5.84 Å². The average Bonchev–Trinajstić information content (AvgIpc) is 2.03. The molecule has 5 nitrogen and oxygen atoms in total. The van der Waals surface area contributed by atoms with Crippen LogP contribution < -0.4 is 10.6 Å². The van der Waals surface area contributed by atoms with Crippen LogP contribution in [0.2, 0.25) is 0 Å². The van der Waals surface area contributed by atoms with Crippen LogP contribution >= 0.6 is 0 Å². The van der Waals surface area contributed by atoms with Crippen LogP contribution in [0.5, 0.6) is 0 Å². The number of anilines is 1. The highest BCUT2D eigenvalue weighted by Crippen LogP contribution is 2.08. The summed E-state index contributed by atoms with van der Waals surface area (Å²) in [4.78, 5) is 10.1. The van der Waals surface area contributed by atoms with E-state index in [1.54, 1.807) is 13.0 Å². The second kappa shape index (κ2) is 3.38. The summed E-state index contributed by atoms with van der Waals surface area (Å²) in [5.74, 6) is 1.35. The summed E-state index contributed by atoms with van der Waals surface area (Å²) >= 11 is 0. The molecule has 13 heavy (non-hydrogen) atoms. The standard InChI is InChI=1S/C8H13N5/c1-5-11-6(8(9)10)4-7(12-5)13(2)3/h4H,1-3H3,(H3,9,10). The molecule has 0 fully saturated rings. The molecule has 5 heteroatoms. The van der Waals surface area contributed by atoms with E-state index in [1.165, 1.54) is 0 Å². The van der Waals surface area contributed by atoms with Gasteiger partial charge in [0, 0.05) is 20.2 Å². The third kappa shape index (κ3) is 2.14. The Morgan fingerprint density at radius 2 is 2.08 bits per heavy atom. The highest BCUT2D eigenvalue weighted by Gasteiger charge is 2.04. The minimum absolute atomic E-state index is 0.0337. The van der Waals surface area contributed by atoms with Gasteiger partial charge in [0.05, 0.1) is 0 Å². The van der Waals surface area contributed by atoms with Gasteiger partial charge < -0.3 is 10.6 Å². The van der Waals surface area contributed by atoms with Gasteiger partial charge in [-0.05, 0) is 6.92 Å². The Morgan fingerprint density at radius 3 is 2.54 bits per heavy atom. The SMILES string of the molecule is Cc1nc(C(=N)N)cc(N(C)C)n1. The van der Waals surface area contributed by atoms with E-state index >= 15 is 0 Å². The van der Waals surface area contributed by atoms with E-state index in [0.717, 1.165) is 5.82 Å². The van der Waals surface area contributed by atoms with Crippen LogP contribution in [-0.4, -0.2) is 29.9 Å². The van der Waals surface area contributed by atoms with Crippen molar-refractivity contribution in [2.75, 3.05) is 19.0 Å². The van der Waals surface area contributed by atoms with Crippen molar-refractivity contribution in [3.63, 3.8) is 0 Å². The summed E-state index contributed by atoms with van der Waals surface area (Å²) in [7, 11) is 3.76. The second-order valence-electron chi connectivity index (χ2n) is 2.97. The molecule has 0 saturated carbocycles. The van der Waals surface area contributed by atoms with Crippen LogP contribution in [0.3, 0.4) is 0 Å².